The van der Waals surface area contributed by atoms with E-state index in [4.69, 9.17) is 27.9 Å². The topological polar surface area (TPSA) is 21.3 Å². The van der Waals surface area contributed by atoms with E-state index in [1.807, 2.05) is 12.1 Å². The SMILES string of the molecule is COc1c(Cl)cc(CNC(C)(C)CC(C)(C)C)cc1Cl. The lowest BCUT2D eigenvalue weighted by Gasteiger charge is -2.33. The molecule has 20 heavy (non-hydrogen) atoms. The minimum absolute atomic E-state index is 0.0527. The van der Waals surface area contributed by atoms with E-state index in [0.717, 1.165) is 18.5 Å². The molecule has 0 aliphatic carbocycles. The second-order valence-electron chi connectivity index (χ2n) is 7.07. The van der Waals surface area contributed by atoms with Crippen LogP contribution in [-0.2, 0) is 6.54 Å². The lowest BCUT2D eigenvalue weighted by Crippen LogP contribution is -2.41. The fourth-order valence-electron chi connectivity index (χ4n) is 2.64. The molecule has 0 aliphatic heterocycles. The van der Waals surface area contributed by atoms with Crippen molar-refractivity contribution in [3.63, 3.8) is 0 Å². The fraction of sp³-hybridized carbons (Fsp3) is 0.625. The molecule has 0 unspecified atom stereocenters. The Labute approximate surface area is 132 Å². The number of nitrogens with one attached hydrogen (secondary N) is 1. The van der Waals surface area contributed by atoms with E-state index < -0.39 is 0 Å². The molecule has 1 aromatic rings. The van der Waals surface area contributed by atoms with Crippen LogP contribution >= 0.6 is 23.2 Å². The van der Waals surface area contributed by atoms with Gasteiger partial charge in [-0.15, -0.1) is 0 Å². The first kappa shape index (κ1) is 17.6. The van der Waals surface area contributed by atoms with Crippen molar-refractivity contribution in [1.82, 2.24) is 5.32 Å². The first-order chi connectivity index (χ1) is 9.04. The summed E-state index contributed by atoms with van der Waals surface area (Å²) >= 11 is 12.3. The fourth-order valence-corrected chi connectivity index (χ4v) is 3.33. The van der Waals surface area contributed by atoms with Gasteiger partial charge in [0.1, 0.15) is 0 Å². The Morgan fingerprint density at radius 2 is 1.55 bits per heavy atom. The lowest BCUT2D eigenvalue weighted by atomic mass is 9.82. The Kier molecular flexibility index (Phi) is 5.77. The molecule has 0 spiro atoms. The maximum Gasteiger partial charge on any atom is 0.156 e. The molecule has 1 N–H and O–H groups in total. The quantitative estimate of drug-likeness (QED) is 0.795. The Balaban J connectivity index is 2.75. The van der Waals surface area contributed by atoms with E-state index >= 15 is 0 Å². The van der Waals surface area contributed by atoms with Crippen molar-refractivity contribution in [3.05, 3.63) is 27.7 Å². The smallest absolute Gasteiger partial charge is 0.156 e. The minimum atomic E-state index is 0.0527. The molecule has 0 amide bonds. The predicted molar refractivity (Wildman–Crippen MR) is 88.0 cm³/mol. The van der Waals surface area contributed by atoms with Gasteiger partial charge in [-0.05, 0) is 43.4 Å². The molecular weight excluding hydrogens is 293 g/mol. The monoisotopic (exact) mass is 317 g/mol. The summed E-state index contributed by atoms with van der Waals surface area (Å²) in [5.74, 6) is 0.533. The normalized spacial score (nSPS) is 12.6. The first-order valence-corrected chi connectivity index (χ1v) is 7.57. The van der Waals surface area contributed by atoms with Gasteiger partial charge in [-0.3, -0.25) is 0 Å². The number of methoxy groups -OCH3 is 1. The van der Waals surface area contributed by atoms with Crippen molar-refractivity contribution in [1.29, 1.82) is 0 Å². The third-order valence-electron chi connectivity index (χ3n) is 3.01. The van der Waals surface area contributed by atoms with Crippen LogP contribution in [0.15, 0.2) is 12.1 Å². The van der Waals surface area contributed by atoms with E-state index in [9.17, 15) is 0 Å². The van der Waals surface area contributed by atoms with Crippen LogP contribution in [0.1, 0.15) is 46.6 Å². The third kappa shape index (κ3) is 5.51. The molecule has 2 nitrogen and oxygen atoms in total. The molecular formula is C16H25Cl2NO. The molecule has 114 valence electrons. The zero-order valence-electron chi connectivity index (χ0n) is 13.2. The highest BCUT2D eigenvalue weighted by atomic mass is 35.5. The molecule has 0 aromatic heterocycles. The van der Waals surface area contributed by atoms with E-state index in [0.29, 0.717) is 15.8 Å². The molecule has 0 fully saturated rings. The maximum atomic E-state index is 6.15. The summed E-state index contributed by atoms with van der Waals surface area (Å²) in [6, 6.07) is 3.79. The van der Waals surface area contributed by atoms with Crippen molar-refractivity contribution in [2.24, 2.45) is 5.41 Å². The van der Waals surface area contributed by atoms with Crippen LogP contribution in [0.5, 0.6) is 5.75 Å². The van der Waals surface area contributed by atoms with E-state index in [-0.39, 0.29) is 11.0 Å². The highest BCUT2D eigenvalue weighted by molar-refractivity contribution is 6.37. The summed E-state index contributed by atoms with van der Waals surface area (Å²) in [5.41, 5.74) is 1.39. The van der Waals surface area contributed by atoms with Gasteiger partial charge in [0.15, 0.2) is 5.75 Å². The van der Waals surface area contributed by atoms with Gasteiger partial charge >= 0.3 is 0 Å². The van der Waals surface area contributed by atoms with Crippen molar-refractivity contribution in [3.8, 4) is 5.75 Å². The first-order valence-electron chi connectivity index (χ1n) is 6.81. The van der Waals surface area contributed by atoms with Crippen molar-refractivity contribution in [2.75, 3.05) is 7.11 Å². The van der Waals surface area contributed by atoms with Crippen LogP contribution < -0.4 is 10.1 Å². The summed E-state index contributed by atoms with van der Waals surface area (Å²) in [6.45, 7) is 11.9. The number of halogens is 2. The summed E-state index contributed by atoms with van der Waals surface area (Å²) in [7, 11) is 1.57. The number of rotatable bonds is 5. The van der Waals surface area contributed by atoms with Gasteiger partial charge in [0.2, 0.25) is 0 Å². The highest BCUT2D eigenvalue weighted by Crippen LogP contribution is 2.34. The van der Waals surface area contributed by atoms with Crippen molar-refractivity contribution in [2.45, 2.75) is 53.1 Å². The summed E-state index contributed by atoms with van der Waals surface area (Å²) in [5, 5.41) is 4.66. The second-order valence-corrected chi connectivity index (χ2v) is 7.88. The number of benzene rings is 1. The number of hydrogen-bond donors (Lipinski definition) is 1. The largest absolute Gasteiger partial charge is 0.494 e. The predicted octanol–water partition coefficient (Wildman–Crippen LogP) is 5.31. The van der Waals surface area contributed by atoms with Crippen LogP contribution in [-0.4, -0.2) is 12.6 Å². The zero-order chi connectivity index (χ0) is 15.6. The molecule has 0 aliphatic rings. The molecule has 0 saturated carbocycles. The molecule has 4 heteroatoms. The van der Waals surface area contributed by atoms with Crippen molar-refractivity contribution < 1.29 is 4.74 Å². The highest BCUT2D eigenvalue weighted by Gasteiger charge is 2.24. The number of ether oxygens (including phenoxy) is 1. The van der Waals surface area contributed by atoms with Gasteiger partial charge in [0.25, 0.3) is 0 Å². The van der Waals surface area contributed by atoms with Gasteiger partial charge < -0.3 is 10.1 Å². The molecule has 0 heterocycles. The van der Waals surface area contributed by atoms with Crippen LogP contribution in [0, 0.1) is 5.41 Å². The van der Waals surface area contributed by atoms with E-state index in [1.165, 1.54) is 0 Å². The maximum absolute atomic E-state index is 6.15. The average molecular weight is 318 g/mol. The number of hydrogen-bond acceptors (Lipinski definition) is 2. The molecule has 0 bridgehead atoms. The molecule has 0 saturated heterocycles. The summed E-state index contributed by atoms with van der Waals surface area (Å²) < 4.78 is 5.16. The van der Waals surface area contributed by atoms with Gasteiger partial charge in [-0.25, -0.2) is 0 Å². The third-order valence-corrected chi connectivity index (χ3v) is 3.57. The van der Waals surface area contributed by atoms with Crippen LogP contribution in [0.3, 0.4) is 0 Å². The molecule has 1 rings (SSSR count). The second kappa shape index (κ2) is 6.55. The standard InChI is InChI=1S/C16H25Cl2NO/c1-15(2,3)10-16(4,5)19-9-11-7-12(17)14(20-6)13(18)8-11/h7-8,19H,9-10H2,1-6H3. The molecule has 1 aromatic carbocycles. The minimum Gasteiger partial charge on any atom is -0.494 e. The van der Waals surface area contributed by atoms with Crippen molar-refractivity contribution >= 4 is 23.2 Å². The van der Waals surface area contributed by atoms with Gasteiger partial charge in [0, 0.05) is 12.1 Å². The Hall–Kier alpha value is -0.440. The van der Waals surface area contributed by atoms with Crippen LogP contribution in [0.2, 0.25) is 10.0 Å². The van der Waals surface area contributed by atoms with Crippen LogP contribution in [0.25, 0.3) is 0 Å². The summed E-state index contributed by atoms with van der Waals surface area (Å²) in [6.07, 6.45) is 1.08. The summed E-state index contributed by atoms with van der Waals surface area (Å²) in [4.78, 5) is 0. The molecule has 0 atom stereocenters. The molecule has 0 radical (unpaired) electrons. The Morgan fingerprint density at radius 1 is 1.05 bits per heavy atom. The van der Waals surface area contributed by atoms with Gasteiger partial charge in [-0.1, -0.05) is 44.0 Å². The Morgan fingerprint density at radius 3 is 1.95 bits per heavy atom. The van der Waals surface area contributed by atoms with Crippen LogP contribution in [0.4, 0.5) is 0 Å². The Bertz CT molecular complexity index is 441. The van der Waals surface area contributed by atoms with E-state index in [1.54, 1.807) is 7.11 Å². The van der Waals surface area contributed by atoms with E-state index in [2.05, 4.69) is 39.9 Å². The lowest BCUT2D eigenvalue weighted by molar-refractivity contribution is 0.240. The van der Waals surface area contributed by atoms with Gasteiger partial charge in [0.05, 0.1) is 17.2 Å². The van der Waals surface area contributed by atoms with Gasteiger partial charge in [-0.2, -0.15) is 0 Å². The zero-order valence-corrected chi connectivity index (χ0v) is 14.7. The average Bonchev–Trinajstić information content (AvgIpc) is 2.23.